The Morgan fingerprint density at radius 3 is 2.43 bits per heavy atom. The maximum Gasteiger partial charge on any atom is 0.196 e. The summed E-state index contributed by atoms with van der Waals surface area (Å²) in [7, 11) is 1.63. The molecule has 0 unspecified atom stereocenters. The molecule has 0 radical (unpaired) electrons. The van der Waals surface area contributed by atoms with Crippen molar-refractivity contribution in [1.82, 2.24) is 14.8 Å². The van der Waals surface area contributed by atoms with E-state index in [1.807, 2.05) is 73.9 Å². The van der Waals surface area contributed by atoms with Crippen molar-refractivity contribution in [3.05, 3.63) is 53.6 Å². The quantitative estimate of drug-likeness (QED) is 0.497. The molecule has 3 aromatic rings. The highest BCUT2D eigenvalue weighted by Crippen LogP contribution is 2.32. The summed E-state index contributed by atoms with van der Waals surface area (Å²) in [5.41, 5.74) is 1.36. The molecular weight excluding hydrogens is 422 g/mol. The molecular formula is C22H26ClN3O3S. The molecule has 1 N–H and O–H groups in total. The third kappa shape index (κ3) is 5.76. The number of hydrogen-bond acceptors (Lipinski definition) is 6. The van der Waals surface area contributed by atoms with Gasteiger partial charge in [-0.3, -0.25) is 4.57 Å². The van der Waals surface area contributed by atoms with Crippen LogP contribution in [0.2, 0.25) is 5.02 Å². The summed E-state index contributed by atoms with van der Waals surface area (Å²) in [6.07, 6.45) is -0.626. The largest absolute Gasteiger partial charge is 0.497 e. The van der Waals surface area contributed by atoms with Crippen molar-refractivity contribution in [2.24, 2.45) is 0 Å². The van der Waals surface area contributed by atoms with Crippen LogP contribution in [0, 0.1) is 0 Å². The fraction of sp³-hybridized carbons (Fsp3) is 0.364. The van der Waals surface area contributed by atoms with Crippen molar-refractivity contribution in [2.45, 2.75) is 37.6 Å². The minimum absolute atomic E-state index is 0.255. The zero-order valence-corrected chi connectivity index (χ0v) is 19.1. The van der Waals surface area contributed by atoms with E-state index in [1.165, 1.54) is 11.8 Å². The summed E-state index contributed by atoms with van der Waals surface area (Å²) in [5.74, 6) is 1.82. The maximum atomic E-state index is 10.3. The van der Waals surface area contributed by atoms with Gasteiger partial charge in [0.1, 0.15) is 5.75 Å². The molecule has 6 nitrogen and oxygen atoms in total. The molecule has 1 aromatic heterocycles. The highest BCUT2D eigenvalue weighted by atomic mass is 35.5. The topological polar surface area (TPSA) is 69.4 Å². The lowest BCUT2D eigenvalue weighted by molar-refractivity contribution is -0.0424. The normalized spacial score (nSPS) is 12.7. The molecule has 0 aliphatic rings. The van der Waals surface area contributed by atoms with E-state index in [0.717, 1.165) is 17.0 Å². The lowest BCUT2D eigenvalue weighted by Gasteiger charge is -2.21. The van der Waals surface area contributed by atoms with Crippen LogP contribution >= 0.6 is 23.4 Å². The first-order chi connectivity index (χ1) is 14.3. The van der Waals surface area contributed by atoms with Crippen molar-refractivity contribution >= 4 is 23.4 Å². The van der Waals surface area contributed by atoms with Crippen molar-refractivity contribution in [3.63, 3.8) is 0 Å². The van der Waals surface area contributed by atoms with Gasteiger partial charge >= 0.3 is 0 Å². The zero-order valence-electron chi connectivity index (χ0n) is 17.5. The lowest BCUT2D eigenvalue weighted by Crippen LogP contribution is -2.27. The Bertz CT molecular complexity index is 971. The summed E-state index contributed by atoms with van der Waals surface area (Å²) < 4.78 is 12.9. The van der Waals surface area contributed by atoms with Gasteiger partial charge in [-0.1, -0.05) is 35.5 Å². The van der Waals surface area contributed by atoms with Crippen LogP contribution in [-0.4, -0.2) is 51.0 Å². The van der Waals surface area contributed by atoms with Crippen LogP contribution in [0.5, 0.6) is 5.75 Å². The van der Waals surface area contributed by atoms with Gasteiger partial charge in [-0.2, -0.15) is 0 Å². The Balaban J connectivity index is 1.90. The molecule has 160 valence electrons. The number of benzene rings is 2. The van der Waals surface area contributed by atoms with Crippen LogP contribution in [0.25, 0.3) is 17.1 Å². The van der Waals surface area contributed by atoms with E-state index in [4.69, 9.17) is 21.1 Å². The number of methoxy groups -OCH3 is 1. The number of rotatable bonds is 8. The predicted molar refractivity (Wildman–Crippen MR) is 121 cm³/mol. The molecule has 3 rings (SSSR count). The molecule has 0 spiro atoms. The van der Waals surface area contributed by atoms with E-state index in [9.17, 15) is 5.11 Å². The lowest BCUT2D eigenvalue weighted by atomic mass is 10.2. The summed E-state index contributed by atoms with van der Waals surface area (Å²) >= 11 is 7.84. The monoisotopic (exact) mass is 447 g/mol. The molecule has 8 heteroatoms. The first kappa shape index (κ1) is 22.6. The minimum Gasteiger partial charge on any atom is -0.497 e. The third-order valence-electron chi connectivity index (χ3n) is 4.19. The first-order valence-electron chi connectivity index (χ1n) is 9.58. The van der Waals surface area contributed by atoms with Crippen molar-refractivity contribution in [2.75, 3.05) is 19.5 Å². The second kappa shape index (κ2) is 9.83. The molecule has 1 atom stereocenters. The molecule has 0 saturated carbocycles. The number of nitrogens with zero attached hydrogens (tertiary/aromatic N) is 3. The molecule has 2 aromatic carbocycles. The number of aromatic nitrogens is 3. The number of aliphatic hydroxyl groups is 1. The molecule has 1 heterocycles. The number of hydrogen-bond donors (Lipinski definition) is 1. The number of ether oxygens (including phenoxy) is 2. The van der Waals surface area contributed by atoms with Crippen LogP contribution in [0.3, 0.4) is 0 Å². The summed E-state index contributed by atoms with van der Waals surface area (Å²) in [5, 5.41) is 20.3. The highest BCUT2D eigenvalue weighted by Gasteiger charge is 2.20. The van der Waals surface area contributed by atoms with E-state index < -0.39 is 6.10 Å². The van der Waals surface area contributed by atoms with Crippen molar-refractivity contribution < 1.29 is 14.6 Å². The van der Waals surface area contributed by atoms with Gasteiger partial charge in [0.2, 0.25) is 0 Å². The number of thioether (sulfide) groups is 1. The fourth-order valence-electron chi connectivity index (χ4n) is 2.71. The SMILES string of the molecule is COc1ccc(-n2c(SC[C@@H](O)COC(C)(C)C)nnc2-c2ccccc2Cl)cc1. The van der Waals surface area contributed by atoms with Gasteiger partial charge in [0.25, 0.3) is 0 Å². The van der Waals surface area contributed by atoms with E-state index in [0.29, 0.717) is 21.8 Å². The summed E-state index contributed by atoms with van der Waals surface area (Å²) in [4.78, 5) is 0. The van der Waals surface area contributed by atoms with E-state index >= 15 is 0 Å². The van der Waals surface area contributed by atoms with E-state index in [1.54, 1.807) is 7.11 Å². The van der Waals surface area contributed by atoms with E-state index in [2.05, 4.69) is 10.2 Å². The second-order valence-corrected chi connectivity index (χ2v) is 9.10. The Morgan fingerprint density at radius 2 is 1.80 bits per heavy atom. The standard InChI is InChI=1S/C22H26ClN3O3S/c1-22(2,3)29-13-16(27)14-30-21-25-24-20(18-7-5-6-8-19(18)23)26(21)15-9-11-17(28-4)12-10-15/h5-12,16,27H,13-14H2,1-4H3/t16-/m0/s1. The van der Waals surface area contributed by atoms with Gasteiger partial charge in [-0.25, -0.2) is 0 Å². The van der Waals surface area contributed by atoms with Gasteiger partial charge < -0.3 is 14.6 Å². The summed E-state index contributed by atoms with van der Waals surface area (Å²) in [6.45, 7) is 6.14. The van der Waals surface area contributed by atoms with Gasteiger partial charge in [0.15, 0.2) is 11.0 Å². The first-order valence-corrected chi connectivity index (χ1v) is 10.9. The average Bonchev–Trinajstić information content (AvgIpc) is 3.14. The van der Waals surface area contributed by atoms with Crippen LogP contribution in [0.4, 0.5) is 0 Å². The Labute approximate surface area is 186 Å². The van der Waals surface area contributed by atoms with Crippen LogP contribution in [0.1, 0.15) is 20.8 Å². The maximum absolute atomic E-state index is 10.3. The van der Waals surface area contributed by atoms with Crippen molar-refractivity contribution in [1.29, 1.82) is 0 Å². The number of aliphatic hydroxyl groups excluding tert-OH is 1. The summed E-state index contributed by atoms with van der Waals surface area (Å²) in [6, 6.07) is 15.2. The van der Waals surface area contributed by atoms with Gasteiger partial charge in [0, 0.05) is 17.0 Å². The molecule has 0 aliphatic carbocycles. The molecule has 0 aliphatic heterocycles. The number of halogens is 1. The predicted octanol–water partition coefficient (Wildman–Crippen LogP) is 4.86. The second-order valence-electron chi connectivity index (χ2n) is 7.71. The molecule has 0 amide bonds. The van der Waals surface area contributed by atoms with Crippen LogP contribution in [-0.2, 0) is 4.74 Å². The van der Waals surface area contributed by atoms with Crippen molar-refractivity contribution in [3.8, 4) is 22.8 Å². The Morgan fingerprint density at radius 1 is 1.10 bits per heavy atom. The van der Waals surface area contributed by atoms with Gasteiger partial charge in [-0.15, -0.1) is 10.2 Å². The van der Waals surface area contributed by atoms with Gasteiger partial charge in [-0.05, 0) is 57.2 Å². The molecule has 0 bridgehead atoms. The molecule has 30 heavy (non-hydrogen) atoms. The molecule has 0 fully saturated rings. The average molecular weight is 448 g/mol. The van der Waals surface area contributed by atoms with Gasteiger partial charge in [0.05, 0.1) is 30.4 Å². The van der Waals surface area contributed by atoms with E-state index in [-0.39, 0.29) is 12.2 Å². The zero-order chi connectivity index (χ0) is 21.7. The Kier molecular flexibility index (Phi) is 7.41. The fourth-order valence-corrected chi connectivity index (χ4v) is 3.79. The smallest absolute Gasteiger partial charge is 0.196 e. The highest BCUT2D eigenvalue weighted by molar-refractivity contribution is 7.99. The Hall–Kier alpha value is -2.06. The minimum atomic E-state index is -0.626. The van der Waals surface area contributed by atoms with Crippen LogP contribution < -0.4 is 4.74 Å². The van der Waals surface area contributed by atoms with Crippen LogP contribution in [0.15, 0.2) is 53.7 Å². The molecule has 0 saturated heterocycles. The third-order valence-corrected chi connectivity index (χ3v) is 5.60.